The van der Waals surface area contributed by atoms with E-state index >= 15 is 0 Å². The molecular weight excluding hydrogens is 316 g/mol. The van der Waals surface area contributed by atoms with E-state index in [-0.39, 0.29) is 5.78 Å². The molecule has 0 fully saturated rings. The van der Waals surface area contributed by atoms with Crippen molar-refractivity contribution in [3.05, 3.63) is 53.7 Å². The molecular formula is C20H20N2O3. The second kappa shape index (κ2) is 6.16. The van der Waals surface area contributed by atoms with Crippen molar-refractivity contribution in [1.29, 1.82) is 0 Å². The van der Waals surface area contributed by atoms with Crippen molar-refractivity contribution in [3.8, 4) is 11.5 Å². The van der Waals surface area contributed by atoms with Crippen LogP contribution in [0.25, 0.3) is 10.9 Å². The third-order valence-corrected chi connectivity index (χ3v) is 4.47. The summed E-state index contributed by atoms with van der Waals surface area (Å²) in [4.78, 5) is 16.3. The molecule has 4 rings (SSSR count). The standard InChI is InChI=1S/C20H20N2O3/c1-12-18(14-6-3-4-7-15(14)21-12)19(23)13(2)22-16-8-5-9-17-20(16)25-11-10-24-17/h3-9,13,21-22H,10-11H2,1-2H3/t13-/m1/s1. The van der Waals surface area contributed by atoms with Crippen LogP contribution in [0.3, 0.4) is 0 Å². The van der Waals surface area contributed by atoms with Crippen LogP contribution in [0.5, 0.6) is 11.5 Å². The molecule has 1 aliphatic heterocycles. The van der Waals surface area contributed by atoms with E-state index in [0.29, 0.717) is 24.7 Å². The molecule has 0 amide bonds. The van der Waals surface area contributed by atoms with E-state index in [4.69, 9.17) is 9.47 Å². The minimum absolute atomic E-state index is 0.0456. The minimum atomic E-state index is -0.394. The Labute approximate surface area is 146 Å². The summed E-state index contributed by atoms with van der Waals surface area (Å²) < 4.78 is 11.3. The van der Waals surface area contributed by atoms with Crippen molar-refractivity contribution >= 4 is 22.4 Å². The number of fused-ring (bicyclic) bond motifs is 2. The Hall–Kier alpha value is -2.95. The van der Waals surface area contributed by atoms with E-state index in [1.54, 1.807) is 0 Å². The zero-order valence-electron chi connectivity index (χ0n) is 14.3. The molecule has 1 aromatic heterocycles. The number of carbonyl (C=O) groups excluding carboxylic acids is 1. The molecule has 0 radical (unpaired) electrons. The third-order valence-electron chi connectivity index (χ3n) is 4.47. The second-order valence-corrected chi connectivity index (χ2v) is 6.23. The molecule has 2 N–H and O–H groups in total. The lowest BCUT2D eigenvalue weighted by Crippen LogP contribution is -2.27. The number of hydrogen-bond acceptors (Lipinski definition) is 4. The van der Waals surface area contributed by atoms with Crippen LogP contribution in [0, 0.1) is 6.92 Å². The highest BCUT2D eigenvalue weighted by molar-refractivity contribution is 6.12. The number of para-hydroxylation sites is 2. The van der Waals surface area contributed by atoms with Gasteiger partial charge < -0.3 is 19.8 Å². The lowest BCUT2D eigenvalue weighted by Gasteiger charge is -2.23. The van der Waals surface area contributed by atoms with Crippen LogP contribution in [0.15, 0.2) is 42.5 Å². The van der Waals surface area contributed by atoms with E-state index in [9.17, 15) is 4.79 Å². The number of ether oxygens (including phenoxy) is 2. The van der Waals surface area contributed by atoms with Crippen LogP contribution < -0.4 is 14.8 Å². The SMILES string of the molecule is Cc1[nH]c2ccccc2c1C(=O)[C@@H](C)Nc1cccc2c1OCCO2. The minimum Gasteiger partial charge on any atom is -0.486 e. The van der Waals surface area contributed by atoms with Crippen LogP contribution >= 0.6 is 0 Å². The van der Waals surface area contributed by atoms with Crippen molar-refractivity contribution < 1.29 is 14.3 Å². The summed E-state index contributed by atoms with van der Waals surface area (Å²) in [7, 11) is 0. The molecule has 0 unspecified atom stereocenters. The quantitative estimate of drug-likeness (QED) is 0.709. The van der Waals surface area contributed by atoms with E-state index < -0.39 is 6.04 Å². The smallest absolute Gasteiger partial charge is 0.187 e. The van der Waals surface area contributed by atoms with Gasteiger partial charge >= 0.3 is 0 Å². The summed E-state index contributed by atoms with van der Waals surface area (Å²) in [6, 6.07) is 13.1. The first kappa shape index (κ1) is 15.6. The first-order chi connectivity index (χ1) is 12.1. The number of nitrogens with one attached hydrogen (secondary N) is 2. The Bertz CT molecular complexity index is 945. The van der Waals surface area contributed by atoms with Gasteiger partial charge in [0.25, 0.3) is 0 Å². The first-order valence-corrected chi connectivity index (χ1v) is 8.42. The van der Waals surface area contributed by atoms with Gasteiger partial charge in [-0.05, 0) is 32.0 Å². The van der Waals surface area contributed by atoms with Crippen molar-refractivity contribution in [3.63, 3.8) is 0 Å². The maximum atomic E-state index is 13.1. The second-order valence-electron chi connectivity index (χ2n) is 6.23. The lowest BCUT2D eigenvalue weighted by atomic mass is 10.0. The number of rotatable bonds is 4. The molecule has 0 saturated heterocycles. The fraction of sp³-hybridized carbons (Fsp3) is 0.250. The summed E-state index contributed by atoms with van der Waals surface area (Å²) in [6.07, 6.45) is 0. The number of aromatic nitrogens is 1. The number of anilines is 1. The van der Waals surface area contributed by atoms with Gasteiger partial charge in [0.2, 0.25) is 0 Å². The van der Waals surface area contributed by atoms with Crippen molar-refractivity contribution in [2.24, 2.45) is 0 Å². The molecule has 3 aromatic rings. The van der Waals surface area contributed by atoms with E-state index in [2.05, 4.69) is 10.3 Å². The summed E-state index contributed by atoms with van der Waals surface area (Å²) in [5, 5.41) is 4.23. The van der Waals surface area contributed by atoms with Gasteiger partial charge in [0.05, 0.1) is 11.7 Å². The summed E-state index contributed by atoms with van der Waals surface area (Å²) in [5.41, 5.74) is 3.37. The third kappa shape index (κ3) is 2.71. The molecule has 2 aromatic carbocycles. The van der Waals surface area contributed by atoms with Crippen molar-refractivity contribution in [2.45, 2.75) is 19.9 Å². The maximum Gasteiger partial charge on any atom is 0.187 e. The van der Waals surface area contributed by atoms with E-state index in [1.807, 2.05) is 56.3 Å². The zero-order chi connectivity index (χ0) is 17.4. The molecule has 5 nitrogen and oxygen atoms in total. The average Bonchev–Trinajstić information content (AvgIpc) is 2.97. The Kier molecular flexibility index (Phi) is 3.84. The first-order valence-electron chi connectivity index (χ1n) is 8.42. The number of ketones is 1. The molecule has 1 atom stereocenters. The summed E-state index contributed by atoms with van der Waals surface area (Å²) >= 11 is 0. The highest BCUT2D eigenvalue weighted by Crippen LogP contribution is 2.37. The Balaban J connectivity index is 1.64. The molecule has 5 heteroatoms. The van der Waals surface area contributed by atoms with Crippen molar-refractivity contribution in [1.82, 2.24) is 4.98 Å². The van der Waals surface area contributed by atoms with Gasteiger partial charge in [0.15, 0.2) is 17.3 Å². The van der Waals surface area contributed by atoms with E-state index in [0.717, 1.165) is 27.8 Å². The monoisotopic (exact) mass is 336 g/mol. The van der Waals surface area contributed by atoms with Gasteiger partial charge in [-0.2, -0.15) is 0 Å². The van der Waals surface area contributed by atoms with E-state index in [1.165, 1.54) is 0 Å². The Morgan fingerprint density at radius 2 is 1.92 bits per heavy atom. The molecule has 0 saturated carbocycles. The van der Waals surface area contributed by atoms with Gasteiger partial charge in [-0.15, -0.1) is 0 Å². The zero-order valence-corrected chi connectivity index (χ0v) is 14.3. The van der Waals surface area contributed by atoms with Gasteiger partial charge in [0, 0.05) is 22.2 Å². The van der Waals surface area contributed by atoms with Gasteiger partial charge in [-0.1, -0.05) is 24.3 Å². The predicted molar refractivity (Wildman–Crippen MR) is 97.9 cm³/mol. The van der Waals surface area contributed by atoms with Crippen LogP contribution in [-0.4, -0.2) is 30.0 Å². The number of aryl methyl sites for hydroxylation is 1. The summed E-state index contributed by atoms with van der Waals surface area (Å²) in [6.45, 7) is 4.85. The number of benzene rings is 2. The number of hydrogen-bond donors (Lipinski definition) is 2. The molecule has 25 heavy (non-hydrogen) atoms. The fourth-order valence-electron chi connectivity index (χ4n) is 3.30. The molecule has 2 heterocycles. The predicted octanol–water partition coefficient (Wildman–Crippen LogP) is 3.93. The molecule has 0 aliphatic carbocycles. The van der Waals surface area contributed by atoms with Gasteiger partial charge in [-0.3, -0.25) is 4.79 Å². The summed E-state index contributed by atoms with van der Waals surface area (Å²) in [5.74, 6) is 1.42. The molecule has 0 bridgehead atoms. The Morgan fingerprint density at radius 1 is 1.12 bits per heavy atom. The molecule has 0 spiro atoms. The average molecular weight is 336 g/mol. The molecule has 1 aliphatic rings. The fourth-order valence-corrected chi connectivity index (χ4v) is 3.30. The normalized spacial score (nSPS) is 14.3. The number of carbonyl (C=O) groups is 1. The topological polar surface area (TPSA) is 63.4 Å². The molecule has 128 valence electrons. The largest absolute Gasteiger partial charge is 0.486 e. The van der Waals surface area contributed by atoms with Crippen molar-refractivity contribution in [2.75, 3.05) is 18.5 Å². The lowest BCUT2D eigenvalue weighted by molar-refractivity contribution is 0.0976. The number of Topliss-reactive ketones (excluding diaryl/α,β-unsaturated/α-hetero) is 1. The maximum absolute atomic E-state index is 13.1. The van der Waals surface area contributed by atoms with Gasteiger partial charge in [-0.25, -0.2) is 0 Å². The van der Waals surface area contributed by atoms with Gasteiger partial charge in [0.1, 0.15) is 13.2 Å². The van der Waals surface area contributed by atoms with Crippen LogP contribution in [-0.2, 0) is 0 Å². The number of H-pyrrole nitrogens is 1. The van der Waals surface area contributed by atoms with Crippen LogP contribution in [0.4, 0.5) is 5.69 Å². The van der Waals surface area contributed by atoms with Crippen LogP contribution in [0.2, 0.25) is 0 Å². The number of aromatic amines is 1. The Morgan fingerprint density at radius 3 is 2.80 bits per heavy atom. The highest BCUT2D eigenvalue weighted by Gasteiger charge is 2.23. The van der Waals surface area contributed by atoms with Crippen LogP contribution in [0.1, 0.15) is 23.0 Å². The highest BCUT2D eigenvalue weighted by atomic mass is 16.6.